The van der Waals surface area contributed by atoms with Gasteiger partial charge in [-0.05, 0) is 25.0 Å². The van der Waals surface area contributed by atoms with Crippen LogP contribution in [0.25, 0.3) is 0 Å². The Kier molecular flexibility index (Phi) is 1.47. The van der Waals surface area contributed by atoms with Gasteiger partial charge in [0.1, 0.15) is 6.54 Å². The van der Waals surface area contributed by atoms with Gasteiger partial charge in [-0.25, -0.2) is 0 Å². The van der Waals surface area contributed by atoms with Crippen molar-refractivity contribution in [3.05, 3.63) is 11.1 Å². The van der Waals surface area contributed by atoms with Gasteiger partial charge in [0, 0.05) is 6.21 Å². The maximum Gasteiger partial charge on any atom is 0.180 e. The van der Waals surface area contributed by atoms with E-state index in [4.69, 9.17) is 0 Å². The fourth-order valence-corrected chi connectivity index (χ4v) is 0.701. The van der Waals surface area contributed by atoms with Crippen molar-refractivity contribution >= 4 is 12.0 Å². The van der Waals surface area contributed by atoms with Gasteiger partial charge in [0.05, 0.1) is 0 Å². The molecule has 9 heavy (non-hydrogen) atoms. The van der Waals surface area contributed by atoms with Crippen molar-refractivity contribution in [3.63, 3.8) is 0 Å². The average molecular weight is 123 g/mol. The molecule has 48 valence electrons. The summed E-state index contributed by atoms with van der Waals surface area (Å²) in [5, 5.41) is 0. The van der Waals surface area contributed by atoms with Crippen molar-refractivity contribution in [1.29, 1.82) is 0 Å². The normalized spacial score (nSPS) is 19.1. The van der Waals surface area contributed by atoms with Gasteiger partial charge in [-0.15, -0.1) is 0 Å². The molecule has 0 aromatic rings. The van der Waals surface area contributed by atoms with E-state index in [9.17, 15) is 4.79 Å². The Morgan fingerprint density at radius 3 is 2.67 bits per heavy atom. The van der Waals surface area contributed by atoms with Crippen molar-refractivity contribution in [1.82, 2.24) is 0 Å². The summed E-state index contributed by atoms with van der Waals surface area (Å²) >= 11 is 0. The van der Waals surface area contributed by atoms with Crippen LogP contribution in [0.5, 0.6) is 0 Å². The van der Waals surface area contributed by atoms with Gasteiger partial charge in [-0.3, -0.25) is 9.79 Å². The number of Topliss-reactive ketones (excluding diaryl/α,β-unsaturated/α-hetero) is 1. The molecule has 1 aliphatic rings. The summed E-state index contributed by atoms with van der Waals surface area (Å²) in [6.45, 7) is 4.07. The number of aliphatic imine (C=N–C) groups is 1. The van der Waals surface area contributed by atoms with Gasteiger partial charge >= 0.3 is 0 Å². The molecule has 0 aromatic heterocycles. The van der Waals surface area contributed by atoms with E-state index >= 15 is 0 Å². The Hall–Kier alpha value is -0.920. The first kappa shape index (κ1) is 6.20. The third-order valence-corrected chi connectivity index (χ3v) is 1.53. The van der Waals surface area contributed by atoms with Crippen LogP contribution < -0.4 is 0 Å². The summed E-state index contributed by atoms with van der Waals surface area (Å²) in [5.41, 5.74) is 1.84. The number of carbonyl (C=O) groups excluding carboxylic acids is 1. The first-order chi connectivity index (χ1) is 4.22. The molecule has 0 spiro atoms. The van der Waals surface area contributed by atoms with Crippen LogP contribution in [0, 0.1) is 0 Å². The molecule has 2 heteroatoms. The molecule has 2 nitrogen and oxygen atoms in total. The number of carbonyl (C=O) groups is 1. The molecule has 0 aliphatic carbocycles. The molecule has 0 radical (unpaired) electrons. The Balaban J connectivity index is 2.97. The first-order valence-electron chi connectivity index (χ1n) is 2.92. The average Bonchev–Trinajstić information content (AvgIpc) is 1.83. The molecule has 0 saturated heterocycles. The van der Waals surface area contributed by atoms with Crippen LogP contribution in [-0.2, 0) is 4.79 Å². The maximum absolute atomic E-state index is 10.8. The highest BCUT2D eigenvalue weighted by molar-refractivity contribution is 6.04. The van der Waals surface area contributed by atoms with Crippen LogP contribution in [0.4, 0.5) is 0 Å². The van der Waals surface area contributed by atoms with Crippen molar-refractivity contribution < 1.29 is 4.79 Å². The van der Waals surface area contributed by atoms with E-state index in [0.29, 0.717) is 6.54 Å². The van der Waals surface area contributed by atoms with Crippen molar-refractivity contribution in [2.45, 2.75) is 13.8 Å². The predicted octanol–water partition coefficient (Wildman–Crippen LogP) is 0.976. The van der Waals surface area contributed by atoms with Crippen LogP contribution in [0.15, 0.2) is 16.1 Å². The molecule has 1 aliphatic heterocycles. The first-order valence-corrected chi connectivity index (χ1v) is 2.92. The fraction of sp³-hybridized carbons (Fsp3) is 0.429. The molecule has 0 fully saturated rings. The van der Waals surface area contributed by atoms with E-state index in [2.05, 4.69) is 4.99 Å². The highest BCUT2D eigenvalue weighted by Crippen LogP contribution is 2.06. The Morgan fingerprint density at radius 2 is 2.22 bits per heavy atom. The summed E-state index contributed by atoms with van der Waals surface area (Å²) in [6.07, 6.45) is 1.75. The monoisotopic (exact) mass is 123 g/mol. The second-order valence-electron chi connectivity index (χ2n) is 2.20. The van der Waals surface area contributed by atoms with Crippen LogP contribution >= 0.6 is 0 Å². The SMILES string of the molecule is CC1=C(C)C(=O)CN=C1. The molecule has 1 heterocycles. The van der Waals surface area contributed by atoms with Gasteiger partial charge in [-0.1, -0.05) is 0 Å². The van der Waals surface area contributed by atoms with Crippen LogP contribution in [-0.4, -0.2) is 18.5 Å². The Bertz CT molecular complexity index is 201. The number of nitrogens with zero attached hydrogens (tertiary/aromatic N) is 1. The molecular weight excluding hydrogens is 114 g/mol. The van der Waals surface area contributed by atoms with E-state index < -0.39 is 0 Å². The lowest BCUT2D eigenvalue weighted by molar-refractivity contribution is -0.114. The molecule has 0 unspecified atom stereocenters. The maximum atomic E-state index is 10.8. The zero-order valence-corrected chi connectivity index (χ0v) is 5.64. The van der Waals surface area contributed by atoms with E-state index in [1.54, 1.807) is 6.21 Å². The van der Waals surface area contributed by atoms with Crippen molar-refractivity contribution in [2.24, 2.45) is 4.99 Å². The van der Waals surface area contributed by atoms with E-state index in [0.717, 1.165) is 11.1 Å². The second kappa shape index (κ2) is 2.13. The standard InChI is InChI=1S/C7H9NO/c1-5-3-8-4-7(9)6(5)2/h3H,4H2,1-2H3. The topological polar surface area (TPSA) is 29.4 Å². The zero-order valence-electron chi connectivity index (χ0n) is 5.64. The van der Waals surface area contributed by atoms with Crippen molar-refractivity contribution in [2.75, 3.05) is 6.54 Å². The molecule has 0 saturated carbocycles. The number of dihydropyridines is 1. The predicted molar refractivity (Wildman–Crippen MR) is 36.7 cm³/mol. The molecule has 0 atom stereocenters. The highest BCUT2D eigenvalue weighted by Gasteiger charge is 2.08. The zero-order chi connectivity index (χ0) is 6.85. The summed E-state index contributed by atoms with van der Waals surface area (Å²) in [4.78, 5) is 14.7. The molecule has 0 bridgehead atoms. The van der Waals surface area contributed by atoms with Gasteiger partial charge in [0.15, 0.2) is 5.78 Å². The van der Waals surface area contributed by atoms with Gasteiger partial charge < -0.3 is 0 Å². The smallest absolute Gasteiger partial charge is 0.180 e. The number of ketones is 1. The number of rotatable bonds is 0. The summed E-state index contributed by atoms with van der Waals surface area (Å²) in [7, 11) is 0. The third-order valence-electron chi connectivity index (χ3n) is 1.53. The Morgan fingerprint density at radius 1 is 1.56 bits per heavy atom. The van der Waals surface area contributed by atoms with Gasteiger partial charge in [0.2, 0.25) is 0 Å². The minimum atomic E-state index is 0.148. The molecular formula is C7H9NO. The lowest BCUT2D eigenvalue weighted by Crippen LogP contribution is -2.10. The molecule has 0 amide bonds. The highest BCUT2D eigenvalue weighted by atomic mass is 16.1. The van der Waals surface area contributed by atoms with Gasteiger partial charge in [0.25, 0.3) is 0 Å². The van der Waals surface area contributed by atoms with Crippen LogP contribution in [0.2, 0.25) is 0 Å². The van der Waals surface area contributed by atoms with E-state index in [1.807, 2.05) is 13.8 Å². The lowest BCUT2D eigenvalue weighted by atomic mass is 10.1. The lowest BCUT2D eigenvalue weighted by Gasteiger charge is -2.04. The largest absolute Gasteiger partial charge is 0.292 e. The fourth-order valence-electron chi connectivity index (χ4n) is 0.701. The van der Waals surface area contributed by atoms with Crippen LogP contribution in [0.1, 0.15) is 13.8 Å². The van der Waals surface area contributed by atoms with Crippen LogP contribution in [0.3, 0.4) is 0 Å². The molecule has 0 N–H and O–H groups in total. The van der Waals surface area contributed by atoms with E-state index in [1.165, 1.54) is 0 Å². The summed E-state index contributed by atoms with van der Waals surface area (Å²) in [6, 6.07) is 0. The van der Waals surface area contributed by atoms with Gasteiger partial charge in [-0.2, -0.15) is 0 Å². The minimum absolute atomic E-state index is 0.148. The number of hydrogen-bond acceptors (Lipinski definition) is 2. The quantitative estimate of drug-likeness (QED) is 0.472. The number of allylic oxidation sites excluding steroid dienone is 1. The Labute approximate surface area is 54.3 Å². The summed E-state index contributed by atoms with van der Waals surface area (Å²) < 4.78 is 0. The van der Waals surface area contributed by atoms with Crippen molar-refractivity contribution in [3.8, 4) is 0 Å². The number of hydrogen-bond donors (Lipinski definition) is 0. The van der Waals surface area contributed by atoms with E-state index in [-0.39, 0.29) is 5.78 Å². The minimum Gasteiger partial charge on any atom is -0.292 e. The molecule has 0 aromatic carbocycles. The summed E-state index contributed by atoms with van der Waals surface area (Å²) in [5.74, 6) is 0.148. The second-order valence-corrected chi connectivity index (χ2v) is 2.20. The molecule has 1 rings (SSSR count). The third kappa shape index (κ3) is 1.07.